The lowest BCUT2D eigenvalue weighted by atomic mass is 10.1. The predicted molar refractivity (Wildman–Crippen MR) is 90.2 cm³/mol. The highest BCUT2D eigenvalue weighted by Crippen LogP contribution is 2.47. The Hall–Kier alpha value is -1.90. The van der Waals surface area contributed by atoms with Gasteiger partial charge in [0.15, 0.2) is 5.76 Å². The Morgan fingerprint density at radius 2 is 2.00 bits per heavy atom. The summed E-state index contributed by atoms with van der Waals surface area (Å²) in [4.78, 5) is 11.2. The molecular formula is C14H13Cl2NO6S. The van der Waals surface area contributed by atoms with Crippen LogP contribution >= 0.6 is 23.2 Å². The number of sulfonamides is 1. The molecule has 0 spiro atoms. The number of benzene rings is 1. The topological polar surface area (TPSA) is 106 Å². The van der Waals surface area contributed by atoms with Gasteiger partial charge in [-0.15, -0.1) is 0 Å². The van der Waals surface area contributed by atoms with Gasteiger partial charge in [0.25, 0.3) is 5.88 Å². The average Bonchev–Trinajstić information content (AvgIpc) is 2.78. The molecule has 2 rings (SSSR count). The molecule has 0 aliphatic carbocycles. The molecule has 130 valence electrons. The summed E-state index contributed by atoms with van der Waals surface area (Å²) >= 11 is 11.8. The summed E-state index contributed by atoms with van der Waals surface area (Å²) in [6.45, 7) is 2.51. The quantitative estimate of drug-likeness (QED) is 0.750. The molecule has 0 fully saturated rings. The third-order valence-corrected chi connectivity index (χ3v) is 4.89. The van der Waals surface area contributed by atoms with E-state index in [4.69, 9.17) is 32.4 Å². The summed E-state index contributed by atoms with van der Waals surface area (Å²) in [5.41, 5.74) is 0.317. The summed E-state index contributed by atoms with van der Waals surface area (Å²) in [5.74, 6) is -2.51. The van der Waals surface area contributed by atoms with Crippen LogP contribution in [0.2, 0.25) is 10.0 Å². The highest BCUT2D eigenvalue weighted by molar-refractivity contribution is 7.92. The molecule has 0 saturated heterocycles. The molecule has 7 nitrogen and oxygen atoms in total. The minimum Gasteiger partial charge on any atom is -0.502 e. The highest BCUT2D eigenvalue weighted by atomic mass is 35.5. The molecule has 0 saturated carbocycles. The van der Waals surface area contributed by atoms with Gasteiger partial charge in [-0.3, -0.25) is 4.79 Å². The molecule has 0 aliphatic heterocycles. The Labute approximate surface area is 148 Å². The number of ether oxygens (including phenoxy) is 1. The second-order valence-electron chi connectivity index (χ2n) is 4.67. The van der Waals surface area contributed by atoms with Gasteiger partial charge in [0.1, 0.15) is 0 Å². The van der Waals surface area contributed by atoms with Crippen molar-refractivity contribution in [2.75, 3.05) is 10.5 Å². The van der Waals surface area contributed by atoms with Crippen LogP contribution in [-0.2, 0) is 14.8 Å². The second-order valence-corrected chi connectivity index (χ2v) is 7.49. The summed E-state index contributed by atoms with van der Waals surface area (Å²) < 4.78 is 35.8. The number of hydrogen-bond acceptors (Lipinski definition) is 6. The van der Waals surface area contributed by atoms with E-state index < -0.39 is 33.4 Å². The maximum atomic E-state index is 11.7. The molecule has 1 heterocycles. The van der Waals surface area contributed by atoms with Gasteiger partial charge in [-0.1, -0.05) is 23.2 Å². The van der Waals surface area contributed by atoms with Crippen molar-refractivity contribution < 1.29 is 27.5 Å². The van der Waals surface area contributed by atoms with Crippen molar-refractivity contribution in [3.63, 3.8) is 0 Å². The van der Waals surface area contributed by atoms with E-state index in [0.717, 1.165) is 6.92 Å². The van der Waals surface area contributed by atoms with Gasteiger partial charge < -0.3 is 14.3 Å². The zero-order valence-electron chi connectivity index (χ0n) is 12.6. The molecule has 24 heavy (non-hydrogen) atoms. The zero-order chi connectivity index (χ0) is 18.1. The molecule has 10 heteroatoms. The van der Waals surface area contributed by atoms with E-state index in [-0.39, 0.29) is 16.5 Å². The number of anilines is 1. The Bertz CT molecular complexity index is 891. The molecule has 0 unspecified atom stereocenters. The van der Waals surface area contributed by atoms with Crippen LogP contribution in [0.3, 0.4) is 0 Å². The van der Waals surface area contributed by atoms with Gasteiger partial charge in [-0.05, 0) is 25.1 Å². The van der Waals surface area contributed by atoms with Crippen LogP contribution in [0.15, 0.2) is 22.6 Å². The zero-order valence-corrected chi connectivity index (χ0v) is 14.9. The lowest BCUT2D eigenvalue weighted by Gasteiger charge is -2.04. The third-order valence-electron chi connectivity index (χ3n) is 2.90. The van der Waals surface area contributed by atoms with E-state index in [2.05, 4.69) is 4.72 Å². The predicted octanol–water partition coefficient (Wildman–Crippen LogP) is 3.65. The Balaban J connectivity index is 2.59. The van der Waals surface area contributed by atoms with Crippen LogP contribution in [0, 0.1) is 0 Å². The molecule has 0 amide bonds. The first-order valence-corrected chi connectivity index (χ1v) is 9.05. The molecule has 0 aliphatic rings. The molecular weight excluding hydrogens is 381 g/mol. The smallest absolute Gasteiger partial charge is 0.308 e. The summed E-state index contributed by atoms with van der Waals surface area (Å²) in [6, 6.07) is 4.39. The van der Waals surface area contributed by atoms with Crippen LogP contribution in [-0.4, -0.2) is 25.2 Å². The lowest BCUT2D eigenvalue weighted by molar-refractivity contribution is -0.131. The summed E-state index contributed by atoms with van der Waals surface area (Å²) in [6.07, 6.45) is 0. The Kier molecular flexibility index (Phi) is 5.32. The Morgan fingerprint density at radius 3 is 2.54 bits per heavy atom. The average molecular weight is 394 g/mol. The maximum absolute atomic E-state index is 11.7. The summed E-state index contributed by atoms with van der Waals surface area (Å²) in [5, 5.41) is 10.8. The van der Waals surface area contributed by atoms with Gasteiger partial charge in [-0.25, -0.2) is 13.1 Å². The summed E-state index contributed by atoms with van der Waals surface area (Å²) in [7, 11) is -3.72. The van der Waals surface area contributed by atoms with Crippen molar-refractivity contribution >= 4 is 45.1 Å². The second kappa shape index (κ2) is 6.92. The number of carbonyl (C=O) groups excluding carboxylic acids is 1. The van der Waals surface area contributed by atoms with Crippen molar-refractivity contribution in [1.82, 2.24) is 0 Å². The molecule has 2 N–H and O–H groups in total. The first-order chi connectivity index (χ1) is 11.1. The van der Waals surface area contributed by atoms with E-state index in [1.54, 1.807) is 0 Å². The monoisotopic (exact) mass is 393 g/mol. The number of nitrogens with one attached hydrogen (secondary N) is 1. The fourth-order valence-electron chi connectivity index (χ4n) is 1.76. The van der Waals surface area contributed by atoms with Gasteiger partial charge in [0.2, 0.25) is 21.5 Å². The van der Waals surface area contributed by atoms with E-state index in [0.29, 0.717) is 10.6 Å². The molecule has 0 atom stereocenters. The van der Waals surface area contributed by atoms with Crippen LogP contribution in [0.25, 0.3) is 11.3 Å². The van der Waals surface area contributed by atoms with Crippen molar-refractivity contribution in [2.45, 2.75) is 13.8 Å². The van der Waals surface area contributed by atoms with Crippen LogP contribution in [0.4, 0.5) is 5.88 Å². The van der Waals surface area contributed by atoms with Gasteiger partial charge in [-0.2, -0.15) is 0 Å². The number of furan rings is 1. The van der Waals surface area contributed by atoms with Crippen molar-refractivity contribution in [2.24, 2.45) is 0 Å². The standard InChI is InChI=1S/C14H13Cl2NO6S/c1-3-24(20,21)17-14-13(22-7(2)18)11(19)12(23-14)8-4-5-9(15)10(16)6-8/h4-6,17,19H,3H2,1-2H3. The first kappa shape index (κ1) is 18.4. The normalized spacial score (nSPS) is 11.3. The van der Waals surface area contributed by atoms with E-state index in [1.165, 1.54) is 25.1 Å². The van der Waals surface area contributed by atoms with Crippen LogP contribution in [0.1, 0.15) is 13.8 Å². The number of aromatic hydroxyl groups is 1. The SMILES string of the molecule is CCS(=O)(=O)Nc1oc(-c2ccc(Cl)c(Cl)c2)c(O)c1OC(C)=O. The number of carbonyl (C=O) groups is 1. The largest absolute Gasteiger partial charge is 0.502 e. The van der Waals surface area contributed by atoms with E-state index in [1.807, 2.05) is 0 Å². The molecule has 1 aromatic carbocycles. The maximum Gasteiger partial charge on any atom is 0.308 e. The van der Waals surface area contributed by atoms with E-state index in [9.17, 15) is 18.3 Å². The van der Waals surface area contributed by atoms with Crippen molar-refractivity contribution in [3.8, 4) is 22.8 Å². The minimum absolute atomic E-state index is 0.126. The van der Waals surface area contributed by atoms with Gasteiger partial charge in [0.05, 0.1) is 15.8 Å². The third kappa shape index (κ3) is 3.95. The molecule has 0 radical (unpaired) electrons. The fraction of sp³-hybridized carbons (Fsp3) is 0.214. The Morgan fingerprint density at radius 1 is 1.33 bits per heavy atom. The number of hydrogen-bond donors (Lipinski definition) is 2. The minimum atomic E-state index is -3.72. The number of esters is 1. The van der Waals surface area contributed by atoms with E-state index >= 15 is 0 Å². The van der Waals surface area contributed by atoms with Crippen molar-refractivity contribution in [1.29, 1.82) is 0 Å². The fourth-order valence-corrected chi connectivity index (χ4v) is 2.62. The van der Waals surface area contributed by atoms with Crippen LogP contribution in [0.5, 0.6) is 11.5 Å². The number of halogens is 2. The molecule has 1 aromatic heterocycles. The molecule has 2 aromatic rings. The molecule has 0 bridgehead atoms. The van der Waals surface area contributed by atoms with Crippen molar-refractivity contribution in [3.05, 3.63) is 28.2 Å². The number of rotatable bonds is 5. The van der Waals surface area contributed by atoms with Gasteiger partial charge >= 0.3 is 5.97 Å². The van der Waals surface area contributed by atoms with Gasteiger partial charge in [0, 0.05) is 12.5 Å². The highest BCUT2D eigenvalue weighted by Gasteiger charge is 2.27. The van der Waals surface area contributed by atoms with Crippen LogP contribution < -0.4 is 9.46 Å². The lowest BCUT2D eigenvalue weighted by Crippen LogP contribution is -2.15. The first-order valence-electron chi connectivity index (χ1n) is 6.64.